The van der Waals surface area contributed by atoms with Gasteiger partial charge in [0.1, 0.15) is 0 Å². The van der Waals surface area contributed by atoms with E-state index < -0.39 is 5.97 Å². The average Bonchev–Trinajstić information content (AvgIpc) is 2.94. The zero-order valence-electron chi connectivity index (χ0n) is 11.7. The van der Waals surface area contributed by atoms with E-state index >= 15 is 0 Å². The molecule has 6 heteroatoms. The maximum absolute atomic E-state index is 11.3. The third-order valence-corrected chi connectivity index (χ3v) is 4.46. The van der Waals surface area contributed by atoms with Gasteiger partial charge in [-0.15, -0.1) is 0 Å². The van der Waals surface area contributed by atoms with Gasteiger partial charge in [0.25, 0.3) is 0 Å². The second-order valence-corrected chi connectivity index (χ2v) is 5.93. The van der Waals surface area contributed by atoms with Crippen LogP contribution < -0.4 is 4.74 Å². The predicted molar refractivity (Wildman–Crippen MR) is 79.9 cm³/mol. The maximum atomic E-state index is 11.3. The SMILES string of the molecule is COc1cc(CN2CCc3cccc(C(=O)O)c3C2)sn1. The van der Waals surface area contributed by atoms with Gasteiger partial charge in [-0.2, -0.15) is 4.37 Å². The lowest BCUT2D eigenvalue weighted by Crippen LogP contribution is -2.31. The van der Waals surface area contributed by atoms with Crippen molar-refractivity contribution in [3.8, 4) is 5.88 Å². The quantitative estimate of drug-likeness (QED) is 0.940. The number of carboxylic acid groups (broad SMARTS) is 1. The Balaban J connectivity index is 1.78. The number of carboxylic acids is 1. The van der Waals surface area contributed by atoms with Gasteiger partial charge in [0.15, 0.2) is 0 Å². The fraction of sp³-hybridized carbons (Fsp3) is 0.333. The topological polar surface area (TPSA) is 62.7 Å². The number of methoxy groups -OCH3 is 1. The number of hydrogen-bond acceptors (Lipinski definition) is 5. The molecule has 0 fully saturated rings. The number of aromatic nitrogens is 1. The molecule has 1 aliphatic rings. The van der Waals surface area contributed by atoms with E-state index in [0.717, 1.165) is 35.5 Å². The molecule has 5 nitrogen and oxygen atoms in total. The van der Waals surface area contributed by atoms with E-state index in [0.29, 0.717) is 18.0 Å². The van der Waals surface area contributed by atoms with Gasteiger partial charge in [-0.3, -0.25) is 4.90 Å². The van der Waals surface area contributed by atoms with Crippen LogP contribution in [-0.4, -0.2) is 34.0 Å². The van der Waals surface area contributed by atoms with E-state index in [2.05, 4.69) is 9.27 Å². The minimum atomic E-state index is -0.854. The van der Waals surface area contributed by atoms with Crippen LogP contribution in [-0.2, 0) is 19.5 Å². The van der Waals surface area contributed by atoms with Crippen LogP contribution in [0.4, 0.5) is 0 Å². The monoisotopic (exact) mass is 304 g/mol. The van der Waals surface area contributed by atoms with E-state index in [1.807, 2.05) is 18.2 Å². The second kappa shape index (κ2) is 5.83. The highest BCUT2D eigenvalue weighted by atomic mass is 32.1. The summed E-state index contributed by atoms with van der Waals surface area (Å²) in [7, 11) is 1.61. The molecule has 0 aliphatic carbocycles. The maximum Gasteiger partial charge on any atom is 0.336 e. The largest absolute Gasteiger partial charge is 0.480 e. The van der Waals surface area contributed by atoms with Crippen LogP contribution >= 0.6 is 11.5 Å². The molecule has 0 spiro atoms. The van der Waals surface area contributed by atoms with Gasteiger partial charge in [-0.05, 0) is 35.1 Å². The molecule has 110 valence electrons. The van der Waals surface area contributed by atoms with Crippen molar-refractivity contribution in [3.63, 3.8) is 0 Å². The molecular formula is C15H16N2O3S. The summed E-state index contributed by atoms with van der Waals surface area (Å²) < 4.78 is 9.28. The molecule has 0 saturated carbocycles. The van der Waals surface area contributed by atoms with Gasteiger partial charge < -0.3 is 9.84 Å². The average molecular weight is 304 g/mol. The lowest BCUT2D eigenvalue weighted by molar-refractivity contribution is 0.0693. The molecule has 1 aromatic carbocycles. The van der Waals surface area contributed by atoms with Crippen molar-refractivity contribution >= 4 is 17.5 Å². The standard InChI is InChI=1S/C15H16N2O3S/c1-20-14-7-11(21-16-14)8-17-6-5-10-3-2-4-12(15(18)19)13(10)9-17/h2-4,7H,5-6,8-9H2,1H3,(H,18,19). The van der Waals surface area contributed by atoms with Gasteiger partial charge in [0.05, 0.1) is 12.7 Å². The van der Waals surface area contributed by atoms with Crippen molar-refractivity contribution in [3.05, 3.63) is 45.8 Å². The molecular weight excluding hydrogens is 288 g/mol. The molecule has 0 radical (unpaired) electrons. The number of nitrogens with zero attached hydrogens (tertiary/aromatic N) is 2. The Morgan fingerprint density at radius 3 is 3.10 bits per heavy atom. The first-order chi connectivity index (χ1) is 10.2. The zero-order valence-corrected chi connectivity index (χ0v) is 12.5. The van der Waals surface area contributed by atoms with Crippen molar-refractivity contribution in [1.82, 2.24) is 9.27 Å². The molecule has 2 aromatic rings. The molecule has 1 N–H and O–H groups in total. The van der Waals surface area contributed by atoms with Crippen LogP contribution in [0.3, 0.4) is 0 Å². The number of aromatic carboxylic acids is 1. The van der Waals surface area contributed by atoms with Crippen molar-refractivity contribution in [2.24, 2.45) is 0 Å². The molecule has 2 heterocycles. The van der Waals surface area contributed by atoms with Crippen molar-refractivity contribution < 1.29 is 14.6 Å². The van der Waals surface area contributed by atoms with Crippen LogP contribution in [0.2, 0.25) is 0 Å². The van der Waals surface area contributed by atoms with Crippen LogP contribution in [0.25, 0.3) is 0 Å². The molecule has 0 saturated heterocycles. The summed E-state index contributed by atoms with van der Waals surface area (Å²) in [6.07, 6.45) is 0.881. The third kappa shape index (κ3) is 2.91. The number of rotatable bonds is 4. The highest BCUT2D eigenvalue weighted by Crippen LogP contribution is 2.25. The molecule has 0 amide bonds. The Hall–Kier alpha value is -1.92. The summed E-state index contributed by atoms with van der Waals surface area (Å²) in [6.45, 7) is 2.36. The van der Waals surface area contributed by atoms with Crippen LogP contribution in [0.15, 0.2) is 24.3 Å². The summed E-state index contributed by atoms with van der Waals surface area (Å²) in [5, 5.41) is 9.31. The Morgan fingerprint density at radius 1 is 1.52 bits per heavy atom. The van der Waals surface area contributed by atoms with Crippen LogP contribution in [0.5, 0.6) is 5.88 Å². The van der Waals surface area contributed by atoms with Gasteiger partial charge in [0, 0.05) is 30.6 Å². The van der Waals surface area contributed by atoms with E-state index in [9.17, 15) is 9.90 Å². The normalized spacial score (nSPS) is 14.7. The summed E-state index contributed by atoms with van der Waals surface area (Å²) >= 11 is 1.43. The van der Waals surface area contributed by atoms with Gasteiger partial charge in [-0.1, -0.05) is 12.1 Å². The molecule has 0 bridgehead atoms. The Kier molecular flexibility index (Phi) is 3.90. The fourth-order valence-corrected chi connectivity index (χ4v) is 3.39. The molecule has 21 heavy (non-hydrogen) atoms. The highest BCUT2D eigenvalue weighted by Gasteiger charge is 2.22. The molecule has 3 rings (SSSR count). The second-order valence-electron chi connectivity index (χ2n) is 5.04. The smallest absolute Gasteiger partial charge is 0.336 e. The summed E-state index contributed by atoms with van der Waals surface area (Å²) in [5.41, 5.74) is 2.50. The van der Waals surface area contributed by atoms with Gasteiger partial charge in [-0.25, -0.2) is 4.79 Å². The number of ether oxygens (including phenoxy) is 1. The first kappa shape index (κ1) is 14.0. The summed E-state index contributed by atoms with van der Waals surface area (Å²) in [5.74, 6) is -0.216. The minimum Gasteiger partial charge on any atom is -0.480 e. The molecule has 0 unspecified atom stereocenters. The molecule has 1 aromatic heterocycles. The van der Waals surface area contributed by atoms with Crippen LogP contribution in [0, 0.1) is 0 Å². The Labute approximate surface area is 127 Å². The third-order valence-electron chi connectivity index (χ3n) is 3.71. The Bertz CT molecular complexity index is 669. The van der Waals surface area contributed by atoms with E-state index in [1.165, 1.54) is 11.5 Å². The Morgan fingerprint density at radius 2 is 2.38 bits per heavy atom. The summed E-state index contributed by atoms with van der Waals surface area (Å²) in [4.78, 5) is 14.7. The van der Waals surface area contributed by atoms with Crippen molar-refractivity contribution in [2.75, 3.05) is 13.7 Å². The van der Waals surface area contributed by atoms with Gasteiger partial charge >= 0.3 is 5.97 Å². The first-order valence-corrected chi connectivity index (χ1v) is 7.50. The lowest BCUT2D eigenvalue weighted by Gasteiger charge is -2.29. The lowest BCUT2D eigenvalue weighted by atomic mass is 9.95. The first-order valence-electron chi connectivity index (χ1n) is 6.73. The van der Waals surface area contributed by atoms with Gasteiger partial charge in [0.2, 0.25) is 5.88 Å². The minimum absolute atomic E-state index is 0.416. The van der Waals surface area contributed by atoms with Crippen LogP contribution in [0.1, 0.15) is 26.4 Å². The fourth-order valence-electron chi connectivity index (χ4n) is 2.66. The van der Waals surface area contributed by atoms with E-state index in [1.54, 1.807) is 13.2 Å². The van der Waals surface area contributed by atoms with E-state index in [-0.39, 0.29) is 0 Å². The number of fused-ring (bicyclic) bond motifs is 1. The number of carbonyl (C=O) groups is 1. The molecule has 1 aliphatic heterocycles. The summed E-state index contributed by atoms with van der Waals surface area (Å²) in [6, 6.07) is 7.46. The van der Waals surface area contributed by atoms with Crippen molar-refractivity contribution in [1.29, 1.82) is 0 Å². The molecule has 0 atom stereocenters. The van der Waals surface area contributed by atoms with E-state index in [4.69, 9.17) is 4.74 Å². The number of hydrogen-bond donors (Lipinski definition) is 1. The van der Waals surface area contributed by atoms with Crippen molar-refractivity contribution in [2.45, 2.75) is 19.5 Å². The highest BCUT2D eigenvalue weighted by molar-refractivity contribution is 7.05. The zero-order chi connectivity index (χ0) is 14.8. The predicted octanol–water partition coefficient (Wildman–Crippen LogP) is 2.41. The number of benzene rings is 1.